The molecule has 0 saturated heterocycles. The van der Waals surface area contributed by atoms with Crippen molar-refractivity contribution in [1.29, 1.82) is 0 Å². The Morgan fingerprint density at radius 3 is 2.82 bits per heavy atom. The largest absolute Gasteiger partial charge is 0.480 e. The Balaban J connectivity index is 1.94. The third-order valence-electron chi connectivity index (χ3n) is 2.93. The molecule has 1 aromatic rings. The molecule has 0 amide bonds. The maximum Gasteiger partial charge on any atom is 0.317 e. The molecule has 0 atom stereocenters. The number of aromatic nitrogens is 1. The third kappa shape index (κ3) is 4.15. The highest BCUT2D eigenvalue weighted by Crippen LogP contribution is 2.29. The fraction of sp³-hybridized carbons (Fsp3) is 0.538. The first-order valence-corrected chi connectivity index (χ1v) is 5.99. The first kappa shape index (κ1) is 12.0. The second kappa shape index (κ2) is 5.27. The number of nitrogens with zero attached hydrogens (tertiary/aromatic N) is 2. The predicted octanol–water partition coefficient (Wildman–Crippen LogP) is 1.69. The first-order chi connectivity index (χ1) is 8.13. The molecule has 92 valence electrons. The standard InChI is InChI=1S/C13H18N2O2/c1-10-2-5-12(14-6-10)8-15(9-13(16)17)7-11-3-4-11/h2,5-6,11H,3-4,7-9H2,1H3,(H,16,17). The summed E-state index contributed by atoms with van der Waals surface area (Å²) in [5.74, 6) is -0.0717. The summed E-state index contributed by atoms with van der Waals surface area (Å²) in [7, 11) is 0. The summed E-state index contributed by atoms with van der Waals surface area (Å²) in [5.41, 5.74) is 2.07. The molecule has 0 aliphatic heterocycles. The molecule has 1 aliphatic carbocycles. The van der Waals surface area contributed by atoms with Crippen LogP contribution in [-0.4, -0.2) is 34.0 Å². The topological polar surface area (TPSA) is 53.4 Å². The lowest BCUT2D eigenvalue weighted by Gasteiger charge is -2.19. The summed E-state index contributed by atoms with van der Waals surface area (Å²) in [4.78, 5) is 17.1. The quantitative estimate of drug-likeness (QED) is 0.813. The first-order valence-electron chi connectivity index (χ1n) is 5.99. The number of carboxylic acids is 1. The van der Waals surface area contributed by atoms with Gasteiger partial charge in [-0.2, -0.15) is 0 Å². The smallest absolute Gasteiger partial charge is 0.317 e. The van der Waals surface area contributed by atoms with E-state index in [1.54, 1.807) is 0 Å². The minimum absolute atomic E-state index is 0.103. The molecular formula is C13H18N2O2. The molecule has 1 heterocycles. The SMILES string of the molecule is Cc1ccc(CN(CC(=O)O)CC2CC2)nc1. The van der Waals surface area contributed by atoms with E-state index in [1.165, 1.54) is 12.8 Å². The molecule has 1 aliphatic rings. The Labute approximate surface area is 101 Å². The summed E-state index contributed by atoms with van der Waals surface area (Å²) in [6.07, 6.45) is 4.29. The highest BCUT2D eigenvalue weighted by Gasteiger charge is 2.25. The molecule has 0 unspecified atom stereocenters. The number of carbonyl (C=O) groups is 1. The van der Waals surface area contributed by atoms with Crippen LogP contribution >= 0.6 is 0 Å². The van der Waals surface area contributed by atoms with Crippen molar-refractivity contribution in [2.75, 3.05) is 13.1 Å². The molecule has 2 rings (SSSR count). The summed E-state index contributed by atoms with van der Waals surface area (Å²) in [6, 6.07) is 3.98. The van der Waals surface area contributed by atoms with E-state index in [0.29, 0.717) is 12.5 Å². The van der Waals surface area contributed by atoms with Gasteiger partial charge in [-0.3, -0.25) is 14.7 Å². The zero-order chi connectivity index (χ0) is 12.3. The van der Waals surface area contributed by atoms with Crippen LogP contribution in [0.3, 0.4) is 0 Å². The van der Waals surface area contributed by atoms with Crippen LogP contribution in [-0.2, 0) is 11.3 Å². The fourth-order valence-corrected chi connectivity index (χ4v) is 1.86. The van der Waals surface area contributed by atoms with Crippen molar-refractivity contribution in [1.82, 2.24) is 9.88 Å². The zero-order valence-corrected chi connectivity index (χ0v) is 10.1. The molecule has 1 aromatic heterocycles. The van der Waals surface area contributed by atoms with Crippen LogP contribution in [0.5, 0.6) is 0 Å². The average molecular weight is 234 g/mol. The van der Waals surface area contributed by atoms with Crippen LogP contribution < -0.4 is 0 Å². The normalized spacial score (nSPS) is 15.2. The summed E-state index contributed by atoms with van der Waals surface area (Å²) in [6.45, 7) is 3.60. The molecular weight excluding hydrogens is 216 g/mol. The monoisotopic (exact) mass is 234 g/mol. The number of pyridine rings is 1. The molecule has 1 fully saturated rings. The van der Waals surface area contributed by atoms with Crippen LogP contribution in [0.2, 0.25) is 0 Å². The number of aliphatic carboxylic acids is 1. The van der Waals surface area contributed by atoms with E-state index in [-0.39, 0.29) is 6.54 Å². The Hall–Kier alpha value is -1.42. The molecule has 4 heteroatoms. The van der Waals surface area contributed by atoms with Crippen molar-refractivity contribution >= 4 is 5.97 Å². The van der Waals surface area contributed by atoms with Crippen LogP contribution in [0, 0.1) is 12.8 Å². The molecule has 1 N–H and O–H groups in total. The van der Waals surface area contributed by atoms with Gasteiger partial charge in [-0.25, -0.2) is 0 Å². The van der Waals surface area contributed by atoms with Crippen molar-refractivity contribution in [2.24, 2.45) is 5.92 Å². The van der Waals surface area contributed by atoms with Gasteiger partial charge < -0.3 is 5.11 Å². The lowest BCUT2D eigenvalue weighted by atomic mass is 10.2. The summed E-state index contributed by atoms with van der Waals surface area (Å²) in [5, 5.41) is 8.88. The Bertz CT molecular complexity index is 385. The number of hydrogen-bond acceptors (Lipinski definition) is 3. The van der Waals surface area contributed by atoms with Gasteiger partial charge >= 0.3 is 5.97 Å². The average Bonchev–Trinajstić information content (AvgIpc) is 3.04. The molecule has 4 nitrogen and oxygen atoms in total. The van der Waals surface area contributed by atoms with Gasteiger partial charge in [0, 0.05) is 19.3 Å². The Morgan fingerprint density at radius 1 is 1.53 bits per heavy atom. The summed E-state index contributed by atoms with van der Waals surface area (Å²) < 4.78 is 0. The van der Waals surface area contributed by atoms with Crippen molar-refractivity contribution in [3.63, 3.8) is 0 Å². The van der Waals surface area contributed by atoms with Crippen molar-refractivity contribution in [3.05, 3.63) is 29.6 Å². The van der Waals surface area contributed by atoms with Gasteiger partial charge in [0.1, 0.15) is 0 Å². The van der Waals surface area contributed by atoms with E-state index in [4.69, 9.17) is 5.11 Å². The van der Waals surface area contributed by atoms with Gasteiger partial charge in [0.2, 0.25) is 0 Å². The number of rotatable bonds is 6. The maximum absolute atomic E-state index is 10.8. The summed E-state index contributed by atoms with van der Waals surface area (Å²) >= 11 is 0. The lowest BCUT2D eigenvalue weighted by Crippen LogP contribution is -2.31. The number of hydrogen-bond donors (Lipinski definition) is 1. The van der Waals surface area contributed by atoms with Gasteiger partial charge in [0.25, 0.3) is 0 Å². The van der Waals surface area contributed by atoms with Crippen LogP contribution in [0.25, 0.3) is 0 Å². The second-order valence-corrected chi connectivity index (χ2v) is 4.83. The van der Waals surface area contributed by atoms with Crippen molar-refractivity contribution < 1.29 is 9.90 Å². The Morgan fingerprint density at radius 2 is 2.29 bits per heavy atom. The number of carboxylic acid groups (broad SMARTS) is 1. The molecule has 0 radical (unpaired) electrons. The van der Waals surface area contributed by atoms with E-state index >= 15 is 0 Å². The van der Waals surface area contributed by atoms with E-state index in [1.807, 2.05) is 30.2 Å². The van der Waals surface area contributed by atoms with Gasteiger partial charge in [0.05, 0.1) is 12.2 Å². The van der Waals surface area contributed by atoms with Crippen LogP contribution in [0.4, 0.5) is 0 Å². The van der Waals surface area contributed by atoms with E-state index < -0.39 is 5.97 Å². The molecule has 1 saturated carbocycles. The minimum Gasteiger partial charge on any atom is -0.480 e. The van der Waals surface area contributed by atoms with E-state index in [2.05, 4.69) is 4.98 Å². The van der Waals surface area contributed by atoms with Crippen molar-refractivity contribution in [3.8, 4) is 0 Å². The van der Waals surface area contributed by atoms with Crippen LogP contribution in [0.1, 0.15) is 24.1 Å². The minimum atomic E-state index is -0.766. The Kier molecular flexibility index (Phi) is 3.74. The van der Waals surface area contributed by atoms with E-state index in [9.17, 15) is 4.79 Å². The fourth-order valence-electron chi connectivity index (χ4n) is 1.86. The second-order valence-electron chi connectivity index (χ2n) is 4.83. The van der Waals surface area contributed by atoms with Gasteiger partial charge in [-0.05, 0) is 37.3 Å². The van der Waals surface area contributed by atoms with E-state index in [0.717, 1.165) is 17.8 Å². The molecule has 17 heavy (non-hydrogen) atoms. The van der Waals surface area contributed by atoms with Gasteiger partial charge in [-0.1, -0.05) is 6.07 Å². The molecule has 0 bridgehead atoms. The van der Waals surface area contributed by atoms with Gasteiger partial charge in [0.15, 0.2) is 0 Å². The maximum atomic E-state index is 10.8. The van der Waals surface area contributed by atoms with Crippen molar-refractivity contribution in [2.45, 2.75) is 26.3 Å². The number of aryl methyl sites for hydroxylation is 1. The zero-order valence-electron chi connectivity index (χ0n) is 10.1. The highest BCUT2D eigenvalue weighted by molar-refractivity contribution is 5.69. The molecule has 0 aromatic carbocycles. The highest BCUT2D eigenvalue weighted by atomic mass is 16.4. The molecule has 0 spiro atoms. The van der Waals surface area contributed by atoms with Gasteiger partial charge in [-0.15, -0.1) is 0 Å². The predicted molar refractivity (Wildman–Crippen MR) is 64.6 cm³/mol. The van der Waals surface area contributed by atoms with Crippen LogP contribution in [0.15, 0.2) is 18.3 Å². The third-order valence-corrected chi connectivity index (χ3v) is 2.93. The lowest BCUT2D eigenvalue weighted by molar-refractivity contribution is -0.138.